The van der Waals surface area contributed by atoms with Crippen LogP contribution in [-0.2, 0) is 0 Å². The number of benzene rings is 4. The van der Waals surface area contributed by atoms with Crippen LogP contribution in [0.3, 0.4) is 0 Å². The van der Waals surface area contributed by atoms with E-state index in [1.165, 1.54) is 16.7 Å². The summed E-state index contributed by atoms with van der Waals surface area (Å²) in [6, 6.07) is 35.1. The fourth-order valence-electron chi connectivity index (χ4n) is 3.48. The van der Waals surface area contributed by atoms with Gasteiger partial charge in [0.15, 0.2) is 0 Å². The van der Waals surface area contributed by atoms with E-state index < -0.39 is 6.29 Å². The first-order chi connectivity index (χ1) is 15.5. The molecule has 0 aliphatic heterocycles. The molecule has 0 spiro atoms. The molecule has 4 aromatic rings. The molecule has 4 rings (SSSR count). The molecule has 160 valence electrons. The maximum absolute atomic E-state index is 9.92. The predicted molar refractivity (Wildman–Crippen MR) is 133 cm³/mol. The highest BCUT2D eigenvalue weighted by atomic mass is 16.6. The Bertz CT molecular complexity index is 1160. The number of aliphatic hydroxyl groups is 1. The van der Waals surface area contributed by atoms with Crippen molar-refractivity contribution in [3.8, 4) is 16.9 Å². The van der Waals surface area contributed by atoms with Gasteiger partial charge in [-0.1, -0.05) is 66.7 Å². The summed E-state index contributed by atoms with van der Waals surface area (Å²) in [6.45, 7) is 7.56. The summed E-state index contributed by atoms with van der Waals surface area (Å²) in [4.78, 5) is 2.19. The highest BCUT2D eigenvalue weighted by molar-refractivity contribution is 5.78. The van der Waals surface area contributed by atoms with E-state index in [9.17, 15) is 5.11 Å². The monoisotopic (exact) mass is 421 g/mol. The fourth-order valence-corrected chi connectivity index (χ4v) is 3.48. The van der Waals surface area contributed by atoms with Crippen molar-refractivity contribution in [2.45, 2.75) is 20.1 Å². The second-order valence-corrected chi connectivity index (χ2v) is 7.89. The number of para-hydroxylation sites is 1. The molecule has 1 N–H and O–H groups in total. The Kier molecular flexibility index (Phi) is 6.39. The van der Waals surface area contributed by atoms with Crippen LogP contribution < -0.4 is 9.64 Å². The van der Waals surface area contributed by atoms with Gasteiger partial charge in [-0.25, -0.2) is 0 Å². The van der Waals surface area contributed by atoms with Crippen molar-refractivity contribution in [3.63, 3.8) is 0 Å². The highest BCUT2D eigenvalue weighted by Crippen LogP contribution is 2.36. The van der Waals surface area contributed by atoms with Crippen LogP contribution >= 0.6 is 0 Å². The van der Waals surface area contributed by atoms with Gasteiger partial charge in [-0.2, -0.15) is 0 Å². The van der Waals surface area contributed by atoms with Crippen LogP contribution in [0.4, 0.5) is 17.1 Å². The number of aryl methyl sites for hydroxylation is 1. The molecule has 1 unspecified atom stereocenters. The SMILES string of the molecule is C=C(C)C(O)Oc1ccc(N(c2ccccc2)c2ccc(-c3ccc(C)cc3)cc2)cc1. The van der Waals surface area contributed by atoms with Gasteiger partial charge >= 0.3 is 0 Å². The Morgan fingerprint density at radius 1 is 0.719 bits per heavy atom. The van der Waals surface area contributed by atoms with Crippen LogP contribution in [0, 0.1) is 6.92 Å². The van der Waals surface area contributed by atoms with E-state index in [1.807, 2.05) is 42.5 Å². The molecule has 0 saturated carbocycles. The molecule has 0 bridgehead atoms. The lowest BCUT2D eigenvalue weighted by atomic mass is 10.0. The summed E-state index contributed by atoms with van der Waals surface area (Å²) in [5.74, 6) is 0.590. The van der Waals surface area contributed by atoms with Gasteiger partial charge in [0.2, 0.25) is 6.29 Å². The number of hydrogen-bond acceptors (Lipinski definition) is 3. The lowest BCUT2D eigenvalue weighted by Gasteiger charge is -2.26. The summed E-state index contributed by atoms with van der Waals surface area (Å²) in [5, 5.41) is 9.92. The molecule has 0 radical (unpaired) electrons. The maximum atomic E-state index is 9.92. The largest absolute Gasteiger partial charge is 0.461 e. The first-order valence-corrected chi connectivity index (χ1v) is 10.6. The second kappa shape index (κ2) is 9.54. The maximum Gasteiger partial charge on any atom is 0.219 e. The number of nitrogens with zero attached hydrogens (tertiary/aromatic N) is 1. The minimum atomic E-state index is -1.01. The van der Waals surface area contributed by atoms with Crippen LogP contribution in [0.1, 0.15) is 12.5 Å². The second-order valence-electron chi connectivity index (χ2n) is 7.89. The topological polar surface area (TPSA) is 32.7 Å². The predicted octanol–water partition coefficient (Wildman–Crippen LogP) is 7.41. The molecule has 0 heterocycles. The first kappa shape index (κ1) is 21.4. The molecule has 0 fully saturated rings. The number of rotatable bonds is 7. The molecule has 3 nitrogen and oxygen atoms in total. The van der Waals surface area contributed by atoms with E-state index in [0.29, 0.717) is 11.3 Å². The van der Waals surface area contributed by atoms with Crippen molar-refractivity contribution in [2.75, 3.05) is 4.90 Å². The van der Waals surface area contributed by atoms with Crippen LogP contribution in [0.15, 0.2) is 115 Å². The van der Waals surface area contributed by atoms with Gasteiger partial charge in [0.25, 0.3) is 0 Å². The molecule has 0 amide bonds. The Labute approximate surface area is 189 Å². The van der Waals surface area contributed by atoms with Crippen LogP contribution in [0.25, 0.3) is 11.1 Å². The standard InChI is InChI=1S/C29H27NO2/c1-21(2)29(31)32-28-19-17-27(18-20-28)30(25-7-5-4-6-8-25)26-15-13-24(14-16-26)23-11-9-22(3)10-12-23/h4-20,29,31H,1H2,2-3H3. The van der Waals surface area contributed by atoms with E-state index in [0.717, 1.165) is 17.1 Å². The lowest BCUT2D eigenvalue weighted by Crippen LogP contribution is -2.16. The lowest BCUT2D eigenvalue weighted by molar-refractivity contribution is 0.0151. The summed E-state index contributed by atoms with van der Waals surface area (Å²) < 4.78 is 5.53. The summed E-state index contributed by atoms with van der Waals surface area (Å²) >= 11 is 0. The third-order valence-electron chi connectivity index (χ3n) is 5.29. The van der Waals surface area contributed by atoms with Crippen molar-refractivity contribution in [1.82, 2.24) is 0 Å². The van der Waals surface area contributed by atoms with Gasteiger partial charge in [-0.15, -0.1) is 0 Å². The summed E-state index contributed by atoms with van der Waals surface area (Å²) in [5.41, 5.74) is 7.31. The van der Waals surface area contributed by atoms with Crippen LogP contribution in [0.5, 0.6) is 5.75 Å². The number of aliphatic hydroxyl groups excluding tert-OH is 1. The summed E-state index contributed by atoms with van der Waals surface area (Å²) in [6.07, 6.45) is -1.01. The third-order valence-corrected chi connectivity index (χ3v) is 5.29. The Morgan fingerprint density at radius 2 is 1.19 bits per heavy atom. The molecule has 32 heavy (non-hydrogen) atoms. The molecule has 3 heteroatoms. The van der Waals surface area contributed by atoms with Crippen molar-refractivity contribution in [3.05, 3.63) is 121 Å². The van der Waals surface area contributed by atoms with E-state index >= 15 is 0 Å². The first-order valence-electron chi connectivity index (χ1n) is 10.6. The van der Waals surface area contributed by atoms with Gasteiger partial charge < -0.3 is 14.7 Å². The van der Waals surface area contributed by atoms with Gasteiger partial charge in [0.05, 0.1) is 0 Å². The number of hydrogen-bond donors (Lipinski definition) is 1. The fraction of sp³-hybridized carbons (Fsp3) is 0.103. The zero-order chi connectivity index (χ0) is 22.5. The van der Waals surface area contributed by atoms with Crippen molar-refractivity contribution in [1.29, 1.82) is 0 Å². The van der Waals surface area contributed by atoms with Crippen molar-refractivity contribution >= 4 is 17.1 Å². The van der Waals surface area contributed by atoms with Crippen molar-refractivity contribution < 1.29 is 9.84 Å². The van der Waals surface area contributed by atoms with Gasteiger partial charge in [-0.05, 0) is 79.1 Å². The molecule has 0 aliphatic carbocycles. The molecule has 4 aromatic carbocycles. The molecule has 0 saturated heterocycles. The van der Waals surface area contributed by atoms with Gasteiger partial charge in [-0.3, -0.25) is 0 Å². The Balaban J connectivity index is 1.66. The normalized spacial score (nSPS) is 11.6. The van der Waals surface area contributed by atoms with Gasteiger partial charge in [0.1, 0.15) is 5.75 Å². The van der Waals surface area contributed by atoms with Crippen molar-refractivity contribution in [2.24, 2.45) is 0 Å². The van der Waals surface area contributed by atoms with Crippen LogP contribution in [-0.4, -0.2) is 11.4 Å². The minimum Gasteiger partial charge on any atom is -0.461 e. The highest BCUT2D eigenvalue weighted by Gasteiger charge is 2.13. The van der Waals surface area contributed by atoms with E-state index in [4.69, 9.17) is 4.74 Å². The molecular weight excluding hydrogens is 394 g/mol. The average Bonchev–Trinajstić information content (AvgIpc) is 2.82. The number of ether oxygens (including phenoxy) is 1. The smallest absolute Gasteiger partial charge is 0.219 e. The molecule has 1 atom stereocenters. The van der Waals surface area contributed by atoms with E-state index in [-0.39, 0.29) is 0 Å². The Morgan fingerprint density at radius 3 is 1.72 bits per heavy atom. The average molecular weight is 422 g/mol. The summed E-state index contributed by atoms with van der Waals surface area (Å²) in [7, 11) is 0. The minimum absolute atomic E-state index is 0.564. The molecule has 0 aromatic heterocycles. The zero-order valence-corrected chi connectivity index (χ0v) is 18.4. The quantitative estimate of drug-likeness (QED) is 0.249. The Hall–Kier alpha value is -3.82. The third kappa shape index (κ3) is 4.90. The van der Waals surface area contributed by atoms with Crippen LogP contribution in [0.2, 0.25) is 0 Å². The number of anilines is 3. The zero-order valence-electron chi connectivity index (χ0n) is 18.4. The molecule has 0 aliphatic rings. The van der Waals surface area contributed by atoms with E-state index in [1.54, 1.807) is 6.92 Å². The molecular formula is C29H27NO2. The van der Waals surface area contributed by atoms with E-state index in [2.05, 4.69) is 79.1 Å². The van der Waals surface area contributed by atoms with Gasteiger partial charge in [0, 0.05) is 17.1 Å².